The second kappa shape index (κ2) is 3.10. The van der Waals surface area contributed by atoms with E-state index >= 15 is 0 Å². The summed E-state index contributed by atoms with van der Waals surface area (Å²) in [6.07, 6.45) is 0. The van der Waals surface area contributed by atoms with Crippen molar-refractivity contribution in [1.82, 2.24) is 14.6 Å². The molecule has 0 radical (unpaired) electrons. The Kier molecular flexibility index (Phi) is 1.73. The van der Waals surface area contributed by atoms with Crippen molar-refractivity contribution in [3.05, 3.63) is 40.7 Å². The molecule has 2 aromatic heterocycles. The molecule has 5 nitrogen and oxygen atoms in total. The third-order valence-electron chi connectivity index (χ3n) is 2.57. The van der Waals surface area contributed by atoms with Crippen LogP contribution in [0.5, 0.6) is 6.01 Å². The van der Waals surface area contributed by atoms with Gasteiger partial charge in [0, 0.05) is 5.39 Å². The average Bonchev–Trinajstić information content (AvgIpc) is 2.70. The molecule has 0 atom stereocenters. The molecule has 16 heavy (non-hydrogen) atoms. The van der Waals surface area contributed by atoms with Gasteiger partial charge in [-0.3, -0.25) is 9.20 Å². The zero-order valence-electron chi connectivity index (χ0n) is 8.60. The fourth-order valence-electron chi connectivity index (χ4n) is 1.87. The third-order valence-corrected chi connectivity index (χ3v) is 2.57. The number of ether oxygens (including phenoxy) is 1. The summed E-state index contributed by atoms with van der Waals surface area (Å²) < 4.78 is 6.83. The van der Waals surface area contributed by atoms with Crippen LogP contribution in [0.15, 0.2) is 35.1 Å². The van der Waals surface area contributed by atoms with Crippen molar-refractivity contribution in [3.63, 3.8) is 0 Å². The molecule has 3 aromatic rings. The Morgan fingerprint density at radius 2 is 2.12 bits per heavy atom. The van der Waals surface area contributed by atoms with E-state index < -0.39 is 0 Å². The number of fused-ring (bicyclic) bond motifs is 3. The molecule has 0 aliphatic carbocycles. The minimum Gasteiger partial charge on any atom is -0.467 e. The summed E-state index contributed by atoms with van der Waals surface area (Å²) in [6, 6.07) is 9.90. The van der Waals surface area contributed by atoms with E-state index in [1.54, 1.807) is 4.40 Å². The third kappa shape index (κ3) is 1.05. The fraction of sp³-hybridized carbons (Fsp3) is 0.0909. The van der Waals surface area contributed by atoms with Crippen LogP contribution in [0, 0.1) is 0 Å². The second-order valence-electron chi connectivity index (χ2n) is 3.46. The van der Waals surface area contributed by atoms with Crippen molar-refractivity contribution in [2.24, 2.45) is 0 Å². The van der Waals surface area contributed by atoms with Gasteiger partial charge in [0.2, 0.25) is 0 Å². The summed E-state index contributed by atoms with van der Waals surface area (Å²) in [7, 11) is 1.52. The van der Waals surface area contributed by atoms with Gasteiger partial charge in [0.25, 0.3) is 5.56 Å². The molecular weight excluding hydrogens is 206 g/mol. The van der Waals surface area contributed by atoms with E-state index in [1.165, 1.54) is 7.11 Å². The molecule has 0 saturated carbocycles. The van der Waals surface area contributed by atoms with E-state index in [1.807, 2.05) is 30.3 Å². The maximum absolute atomic E-state index is 11.6. The van der Waals surface area contributed by atoms with Crippen LogP contribution in [0.25, 0.3) is 16.4 Å². The van der Waals surface area contributed by atoms with Crippen molar-refractivity contribution >= 4 is 16.4 Å². The quantitative estimate of drug-likeness (QED) is 0.663. The van der Waals surface area contributed by atoms with Crippen LogP contribution < -0.4 is 10.3 Å². The SMILES string of the molecule is COc1n[nH]c(=O)c2cc3ccccc3n12. The zero-order valence-corrected chi connectivity index (χ0v) is 8.60. The lowest BCUT2D eigenvalue weighted by Crippen LogP contribution is -2.13. The Bertz CT molecular complexity index is 727. The molecule has 1 N–H and O–H groups in total. The first-order valence-electron chi connectivity index (χ1n) is 4.84. The number of nitrogens with zero attached hydrogens (tertiary/aromatic N) is 2. The molecule has 0 saturated heterocycles. The van der Waals surface area contributed by atoms with Gasteiger partial charge in [-0.25, -0.2) is 5.10 Å². The van der Waals surface area contributed by atoms with Crippen molar-refractivity contribution in [2.75, 3.05) is 7.11 Å². The molecule has 0 unspecified atom stereocenters. The number of nitrogens with one attached hydrogen (secondary N) is 1. The first kappa shape index (κ1) is 8.96. The first-order valence-corrected chi connectivity index (χ1v) is 4.84. The summed E-state index contributed by atoms with van der Waals surface area (Å²) in [5.41, 5.74) is 1.22. The highest BCUT2D eigenvalue weighted by atomic mass is 16.5. The topological polar surface area (TPSA) is 59.4 Å². The van der Waals surface area contributed by atoms with E-state index in [0.29, 0.717) is 11.5 Å². The number of benzene rings is 1. The predicted molar refractivity (Wildman–Crippen MR) is 59.9 cm³/mol. The Hall–Kier alpha value is -2.30. The van der Waals surface area contributed by atoms with Gasteiger partial charge < -0.3 is 4.74 Å². The maximum Gasteiger partial charge on any atom is 0.318 e. The van der Waals surface area contributed by atoms with Gasteiger partial charge in [-0.1, -0.05) is 18.2 Å². The van der Waals surface area contributed by atoms with Crippen LogP contribution in [-0.2, 0) is 0 Å². The maximum atomic E-state index is 11.6. The van der Waals surface area contributed by atoms with Crippen molar-refractivity contribution in [1.29, 1.82) is 0 Å². The molecule has 3 rings (SSSR count). The summed E-state index contributed by atoms with van der Waals surface area (Å²) in [4.78, 5) is 11.6. The van der Waals surface area contributed by atoms with Crippen LogP contribution in [0.3, 0.4) is 0 Å². The number of hydrogen-bond acceptors (Lipinski definition) is 3. The molecule has 0 fully saturated rings. The van der Waals surface area contributed by atoms with Gasteiger partial charge in [-0.05, 0) is 12.1 Å². The smallest absolute Gasteiger partial charge is 0.318 e. The number of aromatic amines is 1. The summed E-state index contributed by atoms with van der Waals surface area (Å²) in [5, 5.41) is 7.24. The zero-order chi connectivity index (χ0) is 11.1. The highest BCUT2D eigenvalue weighted by Gasteiger charge is 2.10. The van der Waals surface area contributed by atoms with Crippen LogP contribution in [0.4, 0.5) is 0 Å². The molecule has 0 amide bonds. The van der Waals surface area contributed by atoms with Gasteiger partial charge in [0.05, 0.1) is 12.6 Å². The van der Waals surface area contributed by atoms with Crippen molar-refractivity contribution in [2.45, 2.75) is 0 Å². The fourth-order valence-corrected chi connectivity index (χ4v) is 1.87. The number of rotatable bonds is 1. The highest BCUT2D eigenvalue weighted by Crippen LogP contribution is 2.20. The molecule has 2 heterocycles. The lowest BCUT2D eigenvalue weighted by molar-refractivity contribution is 0.369. The molecule has 0 aliphatic rings. The van der Waals surface area contributed by atoms with E-state index in [-0.39, 0.29) is 5.56 Å². The van der Waals surface area contributed by atoms with Crippen LogP contribution >= 0.6 is 0 Å². The van der Waals surface area contributed by atoms with E-state index in [9.17, 15) is 4.79 Å². The van der Waals surface area contributed by atoms with Crippen LogP contribution in [-0.4, -0.2) is 21.7 Å². The van der Waals surface area contributed by atoms with Crippen molar-refractivity contribution < 1.29 is 4.74 Å². The van der Waals surface area contributed by atoms with Gasteiger partial charge in [0.15, 0.2) is 0 Å². The molecule has 0 spiro atoms. The number of methoxy groups -OCH3 is 1. The minimum atomic E-state index is -0.225. The first-order chi connectivity index (χ1) is 7.81. The number of para-hydroxylation sites is 1. The molecule has 80 valence electrons. The molecule has 5 heteroatoms. The molecule has 0 aliphatic heterocycles. The summed E-state index contributed by atoms with van der Waals surface area (Å²) in [5.74, 6) is 0. The number of H-pyrrole nitrogens is 1. The Morgan fingerprint density at radius 3 is 2.94 bits per heavy atom. The Labute approximate surface area is 90.3 Å². The molecular formula is C11H9N3O2. The molecule has 0 bridgehead atoms. The van der Waals surface area contributed by atoms with E-state index in [4.69, 9.17) is 4.74 Å². The predicted octanol–water partition coefficient (Wildman–Crippen LogP) is 1.18. The monoisotopic (exact) mass is 215 g/mol. The van der Waals surface area contributed by atoms with Gasteiger partial charge in [-0.15, -0.1) is 5.10 Å². The normalized spacial score (nSPS) is 11.1. The minimum absolute atomic E-state index is 0.225. The highest BCUT2D eigenvalue weighted by molar-refractivity contribution is 5.87. The summed E-state index contributed by atoms with van der Waals surface area (Å²) in [6.45, 7) is 0. The lowest BCUT2D eigenvalue weighted by Gasteiger charge is -2.02. The van der Waals surface area contributed by atoms with E-state index in [0.717, 1.165) is 10.9 Å². The van der Waals surface area contributed by atoms with Gasteiger partial charge in [0.1, 0.15) is 5.52 Å². The van der Waals surface area contributed by atoms with Gasteiger partial charge in [-0.2, -0.15) is 0 Å². The number of aromatic nitrogens is 3. The van der Waals surface area contributed by atoms with Gasteiger partial charge >= 0.3 is 6.01 Å². The standard InChI is InChI=1S/C11H9N3O2/c1-16-11-13-12-10(15)9-6-7-4-2-3-5-8(7)14(9)11/h2-6H,1H3,(H,12,15). The summed E-state index contributed by atoms with van der Waals surface area (Å²) >= 11 is 0. The van der Waals surface area contributed by atoms with E-state index in [2.05, 4.69) is 10.2 Å². The Morgan fingerprint density at radius 1 is 1.31 bits per heavy atom. The Balaban J connectivity index is 2.64. The second-order valence-corrected chi connectivity index (χ2v) is 3.46. The lowest BCUT2D eigenvalue weighted by atomic mass is 10.2. The largest absolute Gasteiger partial charge is 0.467 e. The molecule has 1 aromatic carbocycles. The van der Waals surface area contributed by atoms with Crippen LogP contribution in [0.2, 0.25) is 0 Å². The average molecular weight is 215 g/mol. The van der Waals surface area contributed by atoms with Crippen LogP contribution in [0.1, 0.15) is 0 Å². The van der Waals surface area contributed by atoms with Crippen molar-refractivity contribution in [3.8, 4) is 6.01 Å². The number of hydrogen-bond donors (Lipinski definition) is 1.